The smallest absolute Gasteiger partial charge is 0.251 e. The zero-order valence-corrected chi connectivity index (χ0v) is 24.9. The Kier molecular flexibility index (Phi) is 6.64. The lowest BCUT2D eigenvalue weighted by Gasteiger charge is -2.59. The monoisotopic (exact) mass is 602 g/mol. The van der Waals surface area contributed by atoms with Gasteiger partial charge in [-0.05, 0) is 62.9 Å². The van der Waals surface area contributed by atoms with Crippen molar-refractivity contribution < 1.29 is 32.9 Å². The van der Waals surface area contributed by atoms with Gasteiger partial charge in [-0.15, -0.1) is 3.89 Å². The molecule has 218 valence electrons. The number of aliphatic hydroxyl groups is 2. The van der Waals surface area contributed by atoms with E-state index in [2.05, 4.69) is 10.5 Å². The van der Waals surface area contributed by atoms with Crippen LogP contribution in [0.4, 0.5) is 15.4 Å². The molecule has 0 bridgehead atoms. The zero-order chi connectivity index (χ0) is 29.3. The first kappa shape index (κ1) is 28.0. The van der Waals surface area contributed by atoms with Crippen LogP contribution in [0.1, 0.15) is 54.6 Å². The first-order chi connectivity index (χ1) is 19.5. The third-order valence-electron chi connectivity index (χ3n) is 8.21. The van der Waals surface area contributed by atoms with Crippen molar-refractivity contribution in [2.24, 2.45) is 0 Å². The van der Waals surface area contributed by atoms with Gasteiger partial charge in [0.25, 0.3) is 5.91 Å². The van der Waals surface area contributed by atoms with Gasteiger partial charge in [-0.1, -0.05) is 11.2 Å². The molecule has 1 aromatic heterocycles. The third-order valence-corrected chi connectivity index (χ3v) is 9.82. The van der Waals surface area contributed by atoms with Gasteiger partial charge in [0.2, 0.25) is 0 Å². The maximum Gasteiger partial charge on any atom is 0.251 e. The van der Waals surface area contributed by atoms with Gasteiger partial charge >= 0.3 is 0 Å². The average molecular weight is 603 g/mol. The van der Waals surface area contributed by atoms with Crippen molar-refractivity contribution in [3.8, 4) is 22.8 Å². The molecule has 0 radical (unpaired) electrons. The SMILES string of the molecule is CNC(=O)c1cc(OC)c(SN(SF)c2noc3c2CC2(CC2)c2ccc(N4C(C)(O)CC4(C)O)cc2-3)c(OC)c1. The van der Waals surface area contributed by atoms with Crippen LogP contribution in [0.15, 0.2) is 39.8 Å². The molecule has 13 heteroatoms. The molecule has 3 N–H and O–H groups in total. The molecule has 3 aliphatic rings. The lowest BCUT2D eigenvalue weighted by molar-refractivity contribution is -0.154. The van der Waals surface area contributed by atoms with Crippen LogP contribution in [-0.4, -0.2) is 54.0 Å². The lowest BCUT2D eigenvalue weighted by Crippen LogP contribution is -2.72. The Balaban J connectivity index is 1.40. The molecule has 1 saturated heterocycles. The van der Waals surface area contributed by atoms with Crippen molar-refractivity contribution in [3.63, 3.8) is 0 Å². The van der Waals surface area contributed by atoms with E-state index in [0.29, 0.717) is 45.6 Å². The van der Waals surface area contributed by atoms with Gasteiger partial charge in [-0.2, -0.15) is 0 Å². The molecular formula is C28H31FN4O6S2. The molecule has 2 heterocycles. The summed E-state index contributed by atoms with van der Waals surface area (Å²) in [6.07, 6.45) is 2.80. The van der Waals surface area contributed by atoms with Gasteiger partial charge < -0.3 is 34.4 Å². The number of hydrogen-bond acceptors (Lipinski definition) is 11. The summed E-state index contributed by atoms with van der Waals surface area (Å²) < 4.78 is 32.9. The van der Waals surface area contributed by atoms with Crippen molar-refractivity contribution in [2.45, 2.75) is 61.3 Å². The molecular weight excluding hydrogens is 571 g/mol. The number of benzene rings is 2. The molecule has 2 aliphatic carbocycles. The summed E-state index contributed by atoms with van der Waals surface area (Å²) in [6, 6.07) is 9.00. The van der Waals surface area contributed by atoms with E-state index in [-0.39, 0.29) is 30.1 Å². The Hall–Kier alpha value is -3.13. The minimum Gasteiger partial charge on any atom is -0.495 e. The number of amides is 1. The first-order valence-corrected chi connectivity index (χ1v) is 14.6. The number of fused-ring (bicyclic) bond motifs is 4. The molecule has 1 aliphatic heterocycles. The Morgan fingerprint density at radius 2 is 1.80 bits per heavy atom. The molecule has 3 aromatic rings. The standard InChI is InChI=1S/C28H31FN4O6S2/c1-26(35)14-27(2,36)32(26)16-6-7-19-17(12-16)22-18(13-28(19)8-9-28)24(31-39-22)33(41-29)40-23-20(37-4)10-15(25(34)30-3)11-21(23)38-5/h6-7,10-12,35-36H,8-9,13-14H2,1-5H3,(H,30,34). The summed E-state index contributed by atoms with van der Waals surface area (Å²) in [6.45, 7) is 3.34. The number of methoxy groups -OCH3 is 2. The van der Waals surface area contributed by atoms with Crippen LogP contribution >= 0.6 is 24.3 Å². The minimum atomic E-state index is -1.19. The molecule has 1 saturated carbocycles. The van der Waals surface area contributed by atoms with E-state index in [9.17, 15) is 18.9 Å². The quantitative estimate of drug-likeness (QED) is 0.303. The van der Waals surface area contributed by atoms with Gasteiger partial charge in [-0.25, -0.2) is 3.71 Å². The highest BCUT2D eigenvalue weighted by Gasteiger charge is 2.56. The van der Waals surface area contributed by atoms with Crippen LogP contribution in [0.2, 0.25) is 0 Å². The van der Waals surface area contributed by atoms with Crippen LogP contribution in [0.5, 0.6) is 11.5 Å². The summed E-state index contributed by atoms with van der Waals surface area (Å²) >= 11 is 0.994. The van der Waals surface area contributed by atoms with Crippen LogP contribution < -0.4 is 23.4 Å². The number of carbonyl (C=O) groups is 1. The fourth-order valence-electron chi connectivity index (χ4n) is 6.36. The topological polar surface area (TPSA) is 121 Å². The number of anilines is 2. The van der Waals surface area contributed by atoms with Crippen molar-refractivity contribution in [1.82, 2.24) is 10.5 Å². The number of hydrogen-bond donors (Lipinski definition) is 3. The van der Waals surface area contributed by atoms with Crippen LogP contribution in [0, 0.1) is 0 Å². The van der Waals surface area contributed by atoms with Crippen molar-refractivity contribution in [1.29, 1.82) is 0 Å². The Labute approximate surface area is 245 Å². The molecule has 2 aromatic carbocycles. The number of nitrogens with zero attached hydrogens (tertiary/aromatic N) is 3. The third kappa shape index (κ3) is 4.41. The summed E-state index contributed by atoms with van der Waals surface area (Å²) in [5.74, 6) is 1.22. The second-order valence-electron chi connectivity index (χ2n) is 11.2. The highest BCUT2D eigenvalue weighted by molar-refractivity contribution is 8.16. The predicted octanol–water partition coefficient (Wildman–Crippen LogP) is 4.98. The zero-order valence-electron chi connectivity index (χ0n) is 23.3. The van der Waals surface area contributed by atoms with E-state index in [0.717, 1.165) is 41.5 Å². The second kappa shape index (κ2) is 9.72. The minimum absolute atomic E-state index is 0.0201. The van der Waals surface area contributed by atoms with E-state index < -0.39 is 11.4 Å². The molecule has 2 unspecified atom stereocenters. The fourth-order valence-corrected chi connectivity index (χ4v) is 7.77. The van der Waals surface area contributed by atoms with Gasteiger partial charge in [-0.3, -0.25) is 4.79 Å². The van der Waals surface area contributed by atoms with Crippen molar-refractivity contribution in [2.75, 3.05) is 29.9 Å². The number of halogens is 1. The number of carbonyl (C=O) groups excluding carboxylic acids is 1. The van der Waals surface area contributed by atoms with Gasteiger partial charge in [0.05, 0.1) is 14.2 Å². The van der Waals surface area contributed by atoms with Gasteiger partial charge in [0.15, 0.2) is 23.9 Å². The molecule has 41 heavy (non-hydrogen) atoms. The Morgan fingerprint density at radius 1 is 1.15 bits per heavy atom. The van der Waals surface area contributed by atoms with E-state index in [1.165, 1.54) is 25.0 Å². The number of aromatic nitrogens is 1. The predicted molar refractivity (Wildman–Crippen MR) is 155 cm³/mol. The Bertz CT molecular complexity index is 1500. The number of ether oxygens (including phenoxy) is 2. The molecule has 2 atom stereocenters. The highest BCUT2D eigenvalue weighted by Crippen LogP contribution is 2.60. The molecule has 2 fully saturated rings. The Morgan fingerprint density at radius 3 is 2.34 bits per heavy atom. The average Bonchev–Trinajstić information content (AvgIpc) is 3.58. The summed E-state index contributed by atoms with van der Waals surface area (Å²) in [5.41, 5.74) is 1.21. The fraction of sp³-hybridized carbons (Fsp3) is 0.429. The van der Waals surface area contributed by atoms with E-state index in [1.807, 2.05) is 18.2 Å². The van der Waals surface area contributed by atoms with Gasteiger partial charge in [0, 0.05) is 53.2 Å². The summed E-state index contributed by atoms with van der Waals surface area (Å²) in [4.78, 5) is 14.3. The molecule has 1 spiro atoms. The second-order valence-corrected chi connectivity index (χ2v) is 12.8. The van der Waals surface area contributed by atoms with E-state index in [4.69, 9.17) is 14.0 Å². The van der Waals surface area contributed by atoms with Crippen molar-refractivity contribution in [3.05, 3.63) is 47.0 Å². The molecule has 10 nitrogen and oxygen atoms in total. The molecule has 1 amide bonds. The normalized spacial score (nSPS) is 23.4. The summed E-state index contributed by atoms with van der Waals surface area (Å²) in [7, 11) is 4.46. The first-order valence-electron chi connectivity index (χ1n) is 13.1. The molecule has 6 rings (SSSR count). The number of rotatable bonds is 8. The maximum atomic E-state index is 14.6. The lowest BCUT2D eigenvalue weighted by atomic mass is 9.78. The van der Waals surface area contributed by atoms with Crippen LogP contribution in [0.3, 0.4) is 0 Å². The van der Waals surface area contributed by atoms with Crippen LogP contribution in [0.25, 0.3) is 11.3 Å². The van der Waals surface area contributed by atoms with Gasteiger partial charge in [0.1, 0.15) is 27.8 Å². The van der Waals surface area contributed by atoms with E-state index in [1.54, 1.807) is 30.9 Å². The summed E-state index contributed by atoms with van der Waals surface area (Å²) in [5, 5.41) is 28.5. The number of nitrogens with one attached hydrogen (secondary N) is 1. The van der Waals surface area contributed by atoms with Crippen molar-refractivity contribution >= 4 is 41.7 Å². The highest BCUT2D eigenvalue weighted by atomic mass is 32.2. The maximum absolute atomic E-state index is 14.6. The largest absolute Gasteiger partial charge is 0.495 e. The van der Waals surface area contributed by atoms with E-state index >= 15 is 0 Å². The van der Waals surface area contributed by atoms with Crippen LogP contribution in [-0.2, 0) is 11.8 Å².